The van der Waals surface area contributed by atoms with E-state index >= 15 is 0 Å². The van der Waals surface area contributed by atoms with Gasteiger partial charge in [-0.3, -0.25) is 0 Å². The summed E-state index contributed by atoms with van der Waals surface area (Å²) in [6.07, 6.45) is 1.64. The lowest BCUT2D eigenvalue weighted by atomic mass is 10.2. The first-order valence-electron chi connectivity index (χ1n) is 5.31. The minimum absolute atomic E-state index is 0. The van der Waals surface area contributed by atoms with Gasteiger partial charge in [0.25, 0.3) is 0 Å². The number of aromatic nitrogens is 1. The molecular weight excluding hydrogens is 242 g/mol. The highest BCUT2D eigenvalue weighted by molar-refractivity contribution is 5.88. The molecule has 1 aromatic heterocycles. The van der Waals surface area contributed by atoms with Gasteiger partial charge < -0.3 is 15.0 Å². The zero-order valence-corrected chi connectivity index (χ0v) is 10.5. The van der Waals surface area contributed by atoms with E-state index in [2.05, 4.69) is 19.9 Å². The molecule has 1 aliphatic rings. The van der Waals surface area contributed by atoms with Gasteiger partial charge in [-0.1, -0.05) is 0 Å². The zero-order chi connectivity index (χ0) is 11.4. The Labute approximate surface area is 107 Å². The summed E-state index contributed by atoms with van der Waals surface area (Å²) in [5.74, 6) is -0.392. The summed E-state index contributed by atoms with van der Waals surface area (Å²) in [4.78, 5) is 17.5. The van der Waals surface area contributed by atoms with Crippen molar-refractivity contribution < 1.29 is 9.53 Å². The molecule has 0 spiro atoms. The van der Waals surface area contributed by atoms with Crippen LogP contribution in [0.2, 0.25) is 0 Å². The van der Waals surface area contributed by atoms with Crippen molar-refractivity contribution in [2.75, 3.05) is 38.2 Å². The quantitative estimate of drug-likeness (QED) is 0.791. The summed E-state index contributed by atoms with van der Waals surface area (Å²) >= 11 is 0. The van der Waals surface area contributed by atoms with Gasteiger partial charge in [0.05, 0.1) is 7.11 Å². The number of anilines is 1. The van der Waals surface area contributed by atoms with Gasteiger partial charge in [0.15, 0.2) is 0 Å². The Morgan fingerprint density at radius 1 is 1.47 bits per heavy atom. The van der Waals surface area contributed by atoms with Crippen LogP contribution < -0.4 is 10.2 Å². The smallest absolute Gasteiger partial charge is 0.356 e. The molecule has 0 atom stereocenters. The van der Waals surface area contributed by atoms with Crippen molar-refractivity contribution in [1.29, 1.82) is 0 Å². The Bertz CT molecular complexity index is 381. The number of pyridine rings is 1. The van der Waals surface area contributed by atoms with E-state index in [9.17, 15) is 4.79 Å². The molecule has 0 radical (unpaired) electrons. The maximum atomic E-state index is 11.3. The summed E-state index contributed by atoms with van der Waals surface area (Å²) < 4.78 is 4.65. The van der Waals surface area contributed by atoms with Gasteiger partial charge in [-0.2, -0.15) is 0 Å². The molecule has 1 fully saturated rings. The first kappa shape index (κ1) is 13.7. The third kappa shape index (κ3) is 3.31. The van der Waals surface area contributed by atoms with E-state index in [1.54, 1.807) is 12.3 Å². The van der Waals surface area contributed by atoms with Crippen LogP contribution in [-0.4, -0.2) is 44.2 Å². The number of methoxy groups -OCH3 is 1. The van der Waals surface area contributed by atoms with E-state index in [-0.39, 0.29) is 12.4 Å². The van der Waals surface area contributed by atoms with Gasteiger partial charge in [-0.05, 0) is 12.1 Å². The molecule has 2 heterocycles. The lowest BCUT2D eigenvalue weighted by Crippen LogP contribution is -2.43. The number of piperazine rings is 1. The summed E-state index contributed by atoms with van der Waals surface area (Å²) in [5.41, 5.74) is 1.38. The Hall–Kier alpha value is -1.33. The van der Waals surface area contributed by atoms with Crippen LogP contribution in [0.3, 0.4) is 0 Å². The highest BCUT2D eigenvalue weighted by Crippen LogP contribution is 2.15. The monoisotopic (exact) mass is 257 g/mol. The van der Waals surface area contributed by atoms with Crippen molar-refractivity contribution >= 4 is 24.1 Å². The second kappa shape index (κ2) is 6.42. The first-order chi connectivity index (χ1) is 7.81. The fraction of sp³-hybridized carbons (Fsp3) is 0.455. The molecule has 1 aliphatic heterocycles. The highest BCUT2D eigenvalue weighted by Gasteiger charge is 2.13. The highest BCUT2D eigenvalue weighted by atomic mass is 35.5. The van der Waals surface area contributed by atoms with E-state index in [1.807, 2.05) is 6.07 Å². The van der Waals surface area contributed by atoms with Crippen molar-refractivity contribution in [3.63, 3.8) is 0 Å². The van der Waals surface area contributed by atoms with E-state index < -0.39 is 5.97 Å². The first-order valence-corrected chi connectivity index (χ1v) is 5.31. The van der Waals surface area contributed by atoms with Gasteiger partial charge in [-0.15, -0.1) is 12.4 Å². The van der Waals surface area contributed by atoms with Crippen molar-refractivity contribution in [3.05, 3.63) is 24.0 Å². The fourth-order valence-electron chi connectivity index (χ4n) is 1.76. The largest absolute Gasteiger partial charge is 0.464 e. The number of hydrogen-bond acceptors (Lipinski definition) is 5. The molecule has 0 aliphatic carbocycles. The van der Waals surface area contributed by atoms with Gasteiger partial charge in [0.1, 0.15) is 5.69 Å². The Balaban J connectivity index is 0.00000144. The molecule has 17 heavy (non-hydrogen) atoms. The maximum absolute atomic E-state index is 11.3. The average molecular weight is 258 g/mol. The average Bonchev–Trinajstić information content (AvgIpc) is 2.39. The Morgan fingerprint density at radius 2 is 2.18 bits per heavy atom. The molecular formula is C11H16ClN3O2. The number of halogens is 1. The molecule has 0 bridgehead atoms. The summed E-state index contributed by atoms with van der Waals surface area (Å²) in [6, 6.07) is 3.69. The Kier molecular flexibility index (Phi) is 5.18. The van der Waals surface area contributed by atoms with Crippen molar-refractivity contribution in [1.82, 2.24) is 10.3 Å². The molecule has 0 unspecified atom stereocenters. The zero-order valence-electron chi connectivity index (χ0n) is 9.68. The van der Waals surface area contributed by atoms with Crippen LogP contribution in [0.4, 0.5) is 5.69 Å². The molecule has 6 heteroatoms. The molecule has 0 saturated carbocycles. The molecule has 2 rings (SSSR count). The van der Waals surface area contributed by atoms with Crippen LogP contribution in [0.25, 0.3) is 0 Å². The fourth-order valence-corrected chi connectivity index (χ4v) is 1.76. The lowest BCUT2D eigenvalue weighted by Gasteiger charge is -2.29. The van der Waals surface area contributed by atoms with Gasteiger partial charge in [0.2, 0.25) is 0 Å². The third-order valence-corrected chi connectivity index (χ3v) is 2.62. The number of nitrogens with one attached hydrogen (secondary N) is 1. The summed E-state index contributed by atoms with van der Waals surface area (Å²) in [5, 5.41) is 3.28. The molecule has 5 nitrogen and oxygen atoms in total. The number of hydrogen-bond donors (Lipinski definition) is 1. The SMILES string of the molecule is COC(=O)c1cc(N2CCNCC2)ccn1.Cl. The summed E-state index contributed by atoms with van der Waals surface area (Å²) in [6.45, 7) is 3.83. The molecule has 1 aromatic rings. The van der Waals surface area contributed by atoms with E-state index in [0.717, 1.165) is 31.9 Å². The number of nitrogens with zero attached hydrogens (tertiary/aromatic N) is 2. The summed E-state index contributed by atoms with van der Waals surface area (Å²) in [7, 11) is 1.36. The van der Waals surface area contributed by atoms with Crippen LogP contribution in [0.5, 0.6) is 0 Å². The van der Waals surface area contributed by atoms with Crippen molar-refractivity contribution in [3.8, 4) is 0 Å². The van der Waals surface area contributed by atoms with Gasteiger partial charge in [0, 0.05) is 38.1 Å². The molecule has 94 valence electrons. The van der Waals surface area contributed by atoms with E-state index in [4.69, 9.17) is 0 Å². The minimum atomic E-state index is -0.392. The predicted octanol–water partition coefficient (Wildman–Crippen LogP) is 0.700. The molecule has 0 aromatic carbocycles. The number of carbonyl (C=O) groups is 1. The van der Waals surface area contributed by atoms with Crippen LogP contribution in [0.15, 0.2) is 18.3 Å². The minimum Gasteiger partial charge on any atom is -0.464 e. The van der Waals surface area contributed by atoms with Crippen LogP contribution in [0.1, 0.15) is 10.5 Å². The normalized spacial score (nSPS) is 15.0. The number of esters is 1. The van der Waals surface area contributed by atoms with Crippen LogP contribution in [-0.2, 0) is 4.74 Å². The number of rotatable bonds is 2. The molecule has 1 saturated heterocycles. The Morgan fingerprint density at radius 3 is 2.82 bits per heavy atom. The van der Waals surface area contributed by atoms with Crippen LogP contribution >= 0.6 is 12.4 Å². The third-order valence-electron chi connectivity index (χ3n) is 2.62. The van der Waals surface area contributed by atoms with Gasteiger partial charge in [-0.25, -0.2) is 9.78 Å². The number of carbonyl (C=O) groups excluding carboxylic acids is 1. The van der Waals surface area contributed by atoms with E-state index in [1.165, 1.54) is 7.11 Å². The van der Waals surface area contributed by atoms with Crippen molar-refractivity contribution in [2.24, 2.45) is 0 Å². The maximum Gasteiger partial charge on any atom is 0.356 e. The van der Waals surface area contributed by atoms with E-state index in [0.29, 0.717) is 5.69 Å². The molecule has 1 N–H and O–H groups in total. The van der Waals surface area contributed by atoms with Crippen molar-refractivity contribution in [2.45, 2.75) is 0 Å². The van der Waals surface area contributed by atoms with Gasteiger partial charge >= 0.3 is 5.97 Å². The predicted molar refractivity (Wildman–Crippen MR) is 67.9 cm³/mol. The van der Waals surface area contributed by atoms with Crippen LogP contribution in [0, 0.1) is 0 Å². The second-order valence-corrected chi connectivity index (χ2v) is 3.63. The number of ether oxygens (including phenoxy) is 1. The lowest BCUT2D eigenvalue weighted by molar-refractivity contribution is 0.0594. The molecule has 0 amide bonds. The second-order valence-electron chi connectivity index (χ2n) is 3.63. The standard InChI is InChI=1S/C11H15N3O2.ClH/c1-16-11(15)10-8-9(2-3-13-10)14-6-4-12-5-7-14;/h2-3,8,12H,4-7H2,1H3;1H. The topological polar surface area (TPSA) is 54.5 Å².